The number of nitrogens with zero attached hydrogens (tertiary/aromatic N) is 3. The van der Waals surface area contributed by atoms with Crippen molar-refractivity contribution in [1.82, 2.24) is 20.0 Å². The Hall–Kier alpha value is -1.67. The summed E-state index contributed by atoms with van der Waals surface area (Å²) in [6.07, 6.45) is 0.212. The van der Waals surface area contributed by atoms with Gasteiger partial charge in [-0.25, -0.2) is 0 Å². The highest BCUT2D eigenvalue weighted by Crippen LogP contribution is 2.12. The molecule has 2 fully saturated rings. The first-order valence-corrected chi connectivity index (χ1v) is 9.34. The van der Waals surface area contributed by atoms with Gasteiger partial charge in [-0.2, -0.15) is 0 Å². The summed E-state index contributed by atoms with van der Waals surface area (Å²) in [7, 11) is 0. The third-order valence-corrected chi connectivity index (χ3v) is 5.12. The summed E-state index contributed by atoms with van der Waals surface area (Å²) in [6, 6.07) is 9.50. The smallest absolute Gasteiger partial charge is 0.240 e. The maximum Gasteiger partial charge on any atom is 0.240 e. The lowest BCUT2D eigenvalue weighted by Gasteiger charge is -2.37. The number of amides is 2. The van der Waals surface area contributed by atoms with Gasteiger partial charge in [0.1, 0.15) is 0 Å². The SMILES string of the molecule is Cl.O=C(CC1NCCN(Cc2ccccc2)C1=O)N1CCN(CCO)CC1. The highest BCUT2D eigenvalue weighted by Gasteiger charge is 2.32. The molecule has 2 amide bonds. The Morgan fingerprint density at radius 1 is 1.11 bits per heavy atom. The van der Waals surface area contributed by atoms with Crippen LogP contribution in [0.2, 0.25) is 0 Å². The maximum absolute atomic E-state index is 12.7. The molecule has 2 heterocycles. The van der Waals surface area contributed by atoms with Gasteiger partial charge >= 0.3 is 0 Å². The third-order valence-electron chi connectivity index (χ3n) is 5.12. The number of aliphatic hydroxyl groups is 1. The second kappa shape index (κ2) is 10.6. The number of piperazine rings is 2. The first-order chi connectivity index (χ1) is 12.7. The van der Waals surface area contributed by atoms with Crippen molar-refractivity contribution >= 4 is 24.2 Å². The molecule has 0 spiro atoms. The predicted octanol–water partition coefficient (Wildman–Crippen LogP) is -0.0646. The summed E-state index contributed by atoms with van der Waals surface area (Å²) >= 11 is 0. The highest BCUT2D eigenvalue weighted by molar-refractivity contribution is 5.89. The lowest BCUT2D eigenvalue weighted by Crippen LogP contribution is -2.57. The van der Waals surface area contributed by atoms with Crippen LogP contribution in [-0.2, 0) is 16.1 Å². The second-order valence-corrected chi connectivity index (χ2v) is 6.90. The Morgan fingerprint density at radius 3 is 2.48 bits per heavy atom. The first kappa shape index (κ1) is 21.6. The van der Waals surface area contributed by atoms with Gasteiger partial charge < -0.3 is 20.2 Å². The van der Waals surface area contributed by atoms with E-state index < -0.39 is 6.04 Å². The van der Waals surface area contributed by atoms with Crippen LogP contribution in [0.5, 0.6) is 0 Å². The lowest BCUT2D eigenvalue weighted by molar-refractivity contribution is -0.142. The lowest BCUT2D eigenvalue weighted by atomic mass is 10.1. The van der Waals surface area contributed by atoms with E-state index in [4.69, 9.17) is 5.11 Å². The fourth-order valence-electron chi connectivity index (χ4n) is 3.58. The zero-order chi connectivity index (χ0) is 18.4. The van der Waals surface area contributed by atoms with Gasteiger partial charge in [0, 0.05) is 52.4 Å². The van der Waals surface area contributed by atoms with Crippen LogP contribution in [0.3, 0.4) is 0 Å². The van der Waals surface area contributed by atoms with E-state index in [0.717, 1.165) is 18.7 Å². The van der Waals surface area contributed by atoms with Crippen LogP contribution in [0.1, 0.15) is 12.0 Å². The van der Waals surface area contributed by atoms with E-state index in [-0.39, 0.29) is 37.2 Å². The maximum atomic E-state index is 12.7. The van der Waals surface area contributed by atoms with Crippen molar-refractivity contribution in [3.63, 3.8) is 0 Å². The van der Waals surface area contributed by atoms with Crippen LogP contribution in [0.4, 0.5) is 0 Å². The fraction of sp³-hybridized carbons (Fsp3) is 0.579. The summed E-state index contributed by atoms with van der Waals surface area (Å²) in [5.41, 5.74) is 1.10. The van der Waals surface area contributed by atoms with Crippen molar-refractivity contribution in [2.24, 2.45) is 0 Å². The Bertz CT molecular complexity index is 608. The van der Waals surface area contributed by atoms with Gasteiger partial charge in [0.05, 0.1) is 19.1 Å². The summed E-state index contributed by atoms with van der Waals surface area (Å²) in [5, 5.41) is 12.2. The van der Waals surface area contributed by atoms with Crippen molar-refractivity contribution < 1.29 is 14.7 Å². The minimum absolute atomic E-state index is 0. The monoisotopic (exact) mass is 396 g/mol. The van der Waals surface area contributed by atoms with E-state index in [1.165, 1.54) is 0 Å². The van der Waals surface area contributed by atoms with Crippen molar-refractivity contribution in [2.75, 3.05) is 52.4 Å². The average molecular weight is 397 g/mol. The molecular formula is C19H29ClN4O3. The van der Waals surface area contributed by atoms with Gasteiger partial charge in [-0.05, 0) is 5.56 Å². The van der Waals surface area contributed by atoms with E-state index in [1.54, 1.807) is 0 Å². The summed E-state index contributed by atoms with van der Waals surface area (Å²) in [6.45, 7) is 5.63. The Balaban J connectivity index is 0.00000261. The number of benzene rings is 1. The van der Waals surface area contributed by atoms with E-state index in [1.807, 2.05) is 40.1 Å². The van der Waals surface area contributed by atoms with Crippen LogP contribution in [0.15, 0.2) is 30.3 Å². The summed E-state index contributed by atoms with van der Waals surface area (Å²) in [5.74, 6) is 0.0356. The molecule has 2 saturated heterocycles. The number of aliphatic hydroxyl groups excluding tert-OH is 1. The number of β-amino-alcohol motifs (C(OH)–C–C–N with tert-alkyl or cyclic N) is 1. The molecule has 1 unspecified atom stereocenters. The van der Waals surface area contributed by atoms with Gasteiger partial charge in [0.2, 0.25) is 11.8 Å². The Kier molecular flexibility index (Phi) is 8.50. The molecule has 150 valence electrons. The third kappa shape index (κ3) is 5.90. The zero-order valence-corrected chi connectivity index (χ0v) is 16.4. The molecule has 1 aromatic carbocycles. The number of nitrogens with one attached hydrogen (secondary N) is 1. The Labute approximate surface area is 166 Å². The van der Waals surface area contributed by atoms with Crippen molar-refractivity contribution in [3.05, 3.63) is 35.9 Å². The first-order valence-electron chi connectivity index (χ1n) is 9.34. The molecule has 2 aliphatic heterocycles. The number of carbonyl (C=O) groups is 2. The molecule has 1 atom stereocenters. The van der Waals surface area contributed by atoms with Gasteiger partial charge in [-0.1, -0.05) is 30.3 Å². The highest BCUT2D eigenvalue weighted by atomic mass is 35.5. The molecule has 0 radical (unpaired) electrons. The van der Waals surface area contributed by atoms with E-state index >= 15 is 0 Å². The summed E-state index contributed by atoms with van der Waals surface area (Å²) < 4.78 is 0. The molecule has 0 saturated carbocycles. The van der Waals surface area contributed by atoms with Crippen LogP contribution >= 0.6 is 12.4 Å². The zero-order valence-electron chi connectivity index (χ0n) is 15.5. The fourth-order valence-corrected chi connectivity index (χ4v) is 3.58. The van der Waals surface area contributed by atoms with Gasteiger partial charge in [-0.3, -0.25) is 14.5 Å². The van der Waals surface area contributed by atoms with Crippen LogP contribution in [-0.4, -0.2) is 90.1 Å². The van der Waals surface area contributed by atoms with Crippen molar-refractivity contribution in [2.45, 2.75) is 19.0 Å². The number of carbonyl (C=O) groups excluding carboxylic acids is 2. The molecule has 8 heteroatoms. The van der Waals surface area contributed by atoms with Crippen molar-refractivity contribution in [1.29, 1.82) is 0 Å². The number of hydrogen-bond donors (Lipinski definition) is 2. The van der Waals surface area contributed by atoms with Crippen LogP contribution < -0.4 is 5.32 Å². The van der Waals surface area contributed by atoms with Crippen LogP contribution in [0.25, 0.3) is 0 Å². The quantitative estimate of drug-likeness (QED) is 0.704. The predicted molar refractivity (Wildman–Crippen MR) is 106 cm³/mol. The van der Waals surface area contributed by atoms with E-state index in [0.29, 0.717) is 39.3 Å². The standard InChI is InChI=1S/C19H28N4O3.ClH/c24-13-12-21-8-10-22(11-9-21)18(25)14-17-19(26)23(7-6-20-17)15-16-4-2-1-3-5-16;/h1-5,17,20,24H,6-15H2;1H. The average Bonchev–Trinajstić information content (AvgIpc) is 2.66. The number of rotatable bonds is 6. The summed E-state index contributed by atoms with van der Waals surface area (Å²) in [4.78, 5) is 31.1. The second-order valence-electron chi connectivity index (χ2n) is 6.90. The Morgan fingerprint density at radius 2 is 1.81 bits per heavy atom. The van der Waals surface area contributed by atoms with Crippen LogP contribution in [0, 0.1) is 0 Å². The molecule has 0 bridgehead atoms. The molecule has 7 nitrogen and oxygen atoms in total. The molecule has 1 aromatic rings. The molecule has 0 aromatic heterocycles. The molecule has 2 N–H and O–H groups in total. The number of halogens is 1. The van der Waals surface area contributed by atoms with Gasteiger partial charge in [-0.15, -0.1) is 12.4 Å². The van der Waals surface area contributed by atoms with E-state index in [9.17, 15) is 9.59 Å². The largest absolute Gasteiger partial charge is 0.395 e. The molecule has 3 rings (SSSR count). The molecule has 2 aliphatic rings. The number of hydrogen-bond acceptors (Lipinski definition) is 5. The van der Waals surface area contributed by atoms with Crippen molar-refractivity contribution in [3.8, 4) is 0 Å². The van der Waals surface area contributed by atoms with Gasteiger partial charge in [0.15, 0.2) is 0 Å². The van der Waals surface area contributed by atoms with E-state index in [2.05, 4.69) is 10.2 Å². The molecular weight excluding hydrogens is 368 g/mol. The molecule has 0 aliphatic carbocycles. The minimum atomic E-state index is -0.435. The molecule has 27 heavy (non-hydrogen) atoms. The normalized spacial score (nSPS) is 21.1. The topological polar surface area (TPSA) is 76.1 Å². The minimum Gasteiger partial charge on any atom is -0.395 e. The van der Waals surface area contributed by atoms with Gasteiger partial charge in [0.25, 0.3) is 0 Å².